The third kappa shape index (κ3) is 4.92. The van der Waals surface area contributed by atoms with Gasteiger partial charge in [0.05, 0.1) is 0 Å². The van der Waals surface area contributed by atoms with E-state index in [2.05, 4.69) is 37.4 Å². The van der Waals surface area contributed by atoms with Gasteiger partial charge in [0.15, 0.2) is 12.4 Å². The number of amides is 1. The van der Waals surface area contributed by atoms with Crippen LogP contribution in [-0.2, 0) is 11.3 Å². The van der Waals surface area contributed by atoms with Crippen molar-refractivity contribution in [3.63, 3.8) is 0 Å². The van der Waals surface area contributed by atoms with Crippen molar-refractivity contribution in [1.29, 1.82) is 0 Å². The molecule has 1 heterocycles. The van der Waals surface area contributed by atoms with Gasteiger partial charge in [-0.2, -0.15) is 4.57 Å². The van der Waals surface area contributed by atoms with E-state index in [9.17, 15) is 4.79 Å². The van der Waals surface area contributed by atoms with Gasteiger partial charge < -0.3 is 5.32 Å². The second-order valence-electron chi connectivity index (χ2n) is 6.24. The van der Waals surface area contributed by atoms with Crippen LogP contribution in [0.15, 0.2) is 42.7 Å². The number of nitrogens with zero attached hydrogens (tertiary/aromatic N) is 1. The van der Waals surface area contributed by atoms with Crippen LogP contribution in [0, 0.1) is 13.8 Å². The summed E-state index contributed by atoms with van der Waals surface area (Å²) in [5.74, 6) is 0.601. The lowest BCUT2D eigenvalue weighted by Crippen LogP contribution is -2.39. The molecular weight excluding hydrogens is 284 g/mol. The molecule has 0 saturated carbocycles. The van der Waals surface area contributed by atoms with Crippen LogP contribution in [-0.4, -0.2) is 5.91 Å². The van der Waals surface area contributed by atoms with Crippen LogP contribution in [0.3, 0.4) is 0 Å². The van der Waals surface area contributed by atoms with E-state index in [1.54, 1.807) is 0 Å². The first kappa shape index (κ1) is 17.2. The van der Waals surface area contributed by atoms with Crippen LogP contribution in [0.1, 0.15) is 49.3 Å². The number of pyridine rings is 1. The molecule has 2 aromatic rings. The van der Waals surface area contributed by atoms with E-state index >= 15 is 0 Å². The number of nitrogens with one attached hydrogen (secondary N) is 1. The molecule has 0 spiro atoms. The lowest BCUT2D eigenvalue weighted by atomic mass is 9.95. The van der Waals surface area contributed by atoms with E-state index in [4.69, 9.17) is 0 Å². The summed E-state index contributed by atoms with van der Waals surface area (Å²) in [7, 11) is 0. The van der Waals surface area contributed by atoms with Gasteiger partial charge in [0.25, 0.3) is 5.91 Å². The molecule has 0 aliphatic rings. The molecule has 2 rings (SSSR count). The molecule has 0 unspecified atom stereocenters. The van der Waals surface area contributed by atoms with Gasteiger partial charge in [-0.1, -0.05) is 19.9 Å². The fourth-order valence-electron chi connectivity index (χ4n) is 3.02. The number of anilines is 1. The van der Waals surface area contributed by atoms with E-state index in [0.29, 0.717) is 12.5 Å². The highest BCUT2D eigenvalue weighted by Gasteiger charge is 2.12. The SMILES string of the molecule is CCC(CC)c1cc[n+](CC(=O)Nc2cc(C)cc(C)c2)cc1. The molecule has 0 bridgehead atoms. The van der Waals surface area contributed by atoms with Gasteiger partial charge in [0.2, 0.25) is 6.54 Å². The summed E-state index contributed by atoms with van der Waals surface area (Å²) >= 11 is 0. The largest absolute Gasteiger partial charge is 0.321 e. The number of aromatic nitrogens is 1. The van der Waals surface area contributed by atoms with Crippen LogP contribution in [0.5, 0.6) is 0 Å². The summed E-state index contributed by atoms with van der Waals surface area (Å²) in [5.41, 5.74) is 4.52. The first-order valence-corrected chi connectivity index (χ1v) is 8.39. The topological polar surface area (TPSA) is 33.0 Å². The summed E-state index contributed by atoms with van der Waals surface area (Å²) < 4.78 is 1.92. The van der Waals surface area contributed by atoms with Gasteiger partial charge in [-0.3, -0.25) is 4.79 Å². The van der Waals surface area contributed by atoms with Gasteiger partial charge >= 0.3 is 0 Å². The summed E-state index contributed by atoms with van der Waals surface area (Å²) in [6.07, 6.45) is 6.28. The molecule has 3 heteroatoms. The van der Waals surface area contributed by atoms with Crippen molar-refractivity contribution in [3.05, 3.63) is 59.4 Å². The molecule has 122 valence electrons. The molecule has 0 fully saturated rings. The van der Waals surface area contributed by atoms with Gasteiger partial charge in [0, 0.05) is 17.8 Å². The lowest BCUT2D eigenvalue weighted by Gasteiger charge is -2.11. The Morgan fingerprint density at radius 3 is 2.13 bits per heavy atom. The van der Waals surface area contributed by atoms with Crippen LogP contribution in [0.2, 0.25) is 0 Å². The van der Waals surface area contributed by atoms with Crippen molar-refractivity contribution in [1.82, 2.24) is 0 Å². The molecule has 0 aliphatic heterocycles. The average Bonchev–Trinajstić information content (AvgIpc) is 2.49. The first-order chi connectivity index (χ1) is 11.0. The monoisotopic (exact) mass is 311 g/mol. The standard InChI is InChI=1S/C20H26N2O/c1-5-17(6-2)18-7-9-22(10-8-18)14-20(23)21-19-12-15(3)11-16(4)13-19/h7-13,17H,5-6,14H2,1-4H3/p+1. The van der Waals surface area contributed by atoms with Crippen molar-refractivity contribution in [2.24, 2.45) is 0 Å². The minimum atomic E-state index is -0.00437. The maximum Gasteiger partial charge on any atom is 0.290 e. The number of hydrogen-bond acceptors (Lipinski definition) is 1. The number of hydrogen-bond donors (Lipinski definition) is 1. The number of carbonyl (C=O) groups excluding carboxylic acids is 1. The number of carbonyl (C=O) groups is 1. The van der Waals surface area contributed by atoms with Crippen molar-refractivity contribution >= 4 is 11.6 Å². The van der Waals surface area contributed by atoms with Gasteiger partial charge in [0.1, 0.15) is 0 Å². The average molecular weight is 311 g/mol. The van der Waals surface area contributed by atoms with E-state index < -0.39 is 0 Å². The molecule has 0 saturated heterocycles. The Bertz CT molecular complexity index is 638. The second-order valence-corrected chi connectivity index (χ2v) is 6.24. The number of rotatable bonds is 6. The van der Waals surface area contributed by atoms with Crippen LogP contribution in [0.25, 0.3) is 0 Å². The van der Waals surface area contributed by atoms with E-state index in [-0.39, 0.29) is 5.91 Å². The molecule has 0 radical (unpaired) electrons. The molecule has 1 aromatic heterocycles. The Kier molecular flexibility index (Phi) is 5.91. The quantitative estimate of drug-likeness (QED) is 0.799. The molecule has 1 N–H and O–H groups in total. The Labute approximate surface area is 139 Å². The molecule has 3 nitrogen and oxygen atoms in total. The van der Waals surface area contributed by atoms with Crippen LogP contribution >= 0.6 is 0 Å². The van der Waals surface area contributed by atoms with Gasteiger partial charge in [-0.15, -0.1) is 0 Å². The number of aryl methyl sites for hydroxylation is 2. The van der Waals surface area contributed by atoms with Crippen molar-refractivity contribution < 1.29 is 9.36 Å². The highest BCUT2D eigenvalue weighted by molar-refractivity contribution is 5.89. The predicted octanol–water partition coefficient (Wildman–Crippen LogP) is 4.13. The summed E-state index contributed by atoms with van der Waals surface area (Å²) in [6.45, 7) is 8.83. The van der Waals surface area contributed by atoms with E-state index in [1.807, 2.05) is 42.9 Å². The smallest absolute Gasteiger partial charge is 0.290 e. The Morgan fingerprint density at radius 1 is 1.04 bits per heavy atom. The summed E-state index contributed by atoms with van der Waals surface area (Å²) in [4.78, 5) is 12.2. The fraction of sp³-hybridized carbons (Fsp3) is 0.400. The minimum Gasteiger partial charge on any atom is -0.321 e. The van der Waals surface area contributed by atoms with E-state index in [1.165, 1.54) is 5.56 Å². The third-order valence-electron chi connectivity index (χ3n) is 4.21. The van der Waals surface area contributed by atoms with Crippen molar-refractivity contribution in [3.8, 4) is 0 Å². The number of benzene rings is 1. The normalized spacial score (nSPS) is 10.8. The molecule has 0 atom stereocenters. The summed E-state index contributed by atoms with van der Waals surface area (Å²) in [5, 5.41) is 2.97. The van der Waals surface area contributed by atoms with Gasteiger partial charge in [-0.25, -0.2) is 0 Å². The zero-order chi connectivity index (χ0) is 16.8. The Balaban J connectivity index is 2.00. The molecule has 1 aromatic carbocycles. The third-order valence-corrected chi connectivity index (χ3v) is 4.21. The van der Waals surface area contributed by atoms with Crippen LogP contribution < -0.4 is 9.88 Å². The zero-order valence-electron chi connectivity index (χ0n) is 14.6. The molecular formula is C20H27N2O+. The molecule has 1 amide bonds. The second kappa shape index (κ2) is 7.91. The first-order valence-electron chi connectivity index (χ1n) is 8.39. The highest BCUT2D eigenvalue weighted by atomic mass is 16.1. The lowest BCUT2D eigenvalue weighted by molar-refractivity contribution is -0.684. The Hall–Kier alpha value is -2.16. The minimum absolute atomic E-state index is 0.00437. The fourth-order valence-corrected chi connectivity index (χ4v) is 3.02. The van der Waals surface area contributed by atoms with Crippen molar-refractivity contribution in [2.75, 3.05) is 5.32 Å². The predicted molar refractivity (Wildman–Crippen MR) is 94.5 cm³/mol. The Morgan fingerprint density at radius 2 is 1.61 bits per heavy atom. The molecule has 0 aliphatic carbocycles. The zero-order valence-corrected chi connectivity index (χ0v) is 14.6. The maximum absolute atomic E-state index is 12.2. The van der Waals surface area contributed by atoms with Crippen LogP contribution in [0.4, 0.5) is 5.69 Å². The van der Waals surface area contributed by atoms with Gasteiger partial charge in [-0.05, 0) is 61.4 Å². The van der Waals surface area contributed by atoms with Crippen molar-refractivity contribution in [2.45, 2.75) is 53.0 Å². The van der Waals surface area contributed by atoms with E-state index in [0.717, 1.165) is 29.7 Å². The summed E-state index contributed by atoms with van der Waals surface area (Å²) in [6, 6.07) is 10.3. The maximum atomic E-state index is 12.2. The molecule has 23 heavy (non-hydrogen) atoms. The highest BCUT2D eigenvalue weighted by Crippen LogP contribution is 2.21.